The van der Waals surface area contributed by atoms with Crippen molar-refractivity contribution in [3.63, 3.8) is 0 Å². The predicted octanol–water partition coefficient (Wildman–Crippen LogP) is 0.235. The Morgan fingerprint density at radius 3 is 2.53 bits per heavy atom. The molecule has 0 aromatic carbocycles. The zero-order valence-electron chi connectivity index (χ0n) is 10.1. The molecule has 2 amide bonds. The Hall–Kier alpha value is -1.39. The van der Waals surface area contributed by atoms with Crippen molar-refractivity contribution in [3.05, 3.63) is 0 Å². The Morgan fingerprint density at radius 1 is 1.24 bits per heavy atom. The summed E-state index contributed by atoms with van der Waals surface area (Å²) in [6.45, 7) is 1.99. The fourth-order valence-corrected chi connectivity index (χ4v) is 2.18. The van der Waals surface area contributed by atoms with E-state index >= 15 is 0 Å². The van der Waals surface area contributed by atoms with Crippen molar-refractivity contribution in [1.82, 2.24) is 10.2 Å². The maximum Gasteiger partial charge on any atom is 0.243 e. The Bertz CT molecular complexity index is 350. The van der Waals surface area contributed by atoms with Gasteiger partial charge < -0.3 is 10.2 Å². The molecule has 2 fully saturated rings. The van der Waals surface area contributed by atoms with E-state index in [0.717, 1.165) is 19.3 Å². The minimum Gasteiger partial charge on any atom is -0.352 e. The van der Waals surface area contributed by atoms with E-state index in [1.807, 2.05) is 0 Å². The first-order chi connectivity index (χ1) is 8.08. The van der Waals surface area contributed by atoms with E-state index in [2.05, 4.69) is 5.32 Å². The van der Waals surface area contributed by atoms with Gasteiger partial charge in [-0.3, -0.25) is 14.4 Å². The number of carbonyl (C=O) groups excluding carboxylic acids is 3. The molecule has 17 heavy (non-hydrogen) atoms. The van der Waals surface area contributed by atoms with Gasteiger partial charge in [0.05, 0.1) is 6.42 Å². The molecule has 1 N–H and O–H groups in total. The fourth-order valence-electron chi connectivity index (χ4n) is 2.18. The average molecular weight is 238 g/mol. The van der Waals surface area contributed by atoms with Gasteiger partial charge in [0, 0.05) is 12.6 Å². The Kier molecular flexibility index (Phi) is 3.45. The van der Waals surface area contributed by atoms with Gasteiger partial charge in [-0.1, -0.05) is 0 Å². The van der Waals surface area contributed by atoms with Gasteiger partial charge in [-0.25, -0.2) is 0 Å². The molecule has 1 aliphatic heterocycles. The molecule has 1 saturated carbocycles. The number of hydrogen-bond acceptors (Lipinski definition) is 3. The topological polar surface area (TPSA) is 66.5 Å². The Labute approximate surface area is 101 Å². The summed E-state index contributed by atoms with van der Waals surface area (Å²) in [4.78, 5) is 36.2. The number of hydrogen-bond donors (Lipinski definition) is 1. The zero-order chi connectivity index (χ0) is 12.4. The van der Waals surface area contributed by atoms with Gasteiger partial charge in [0.25, 0.3) is 0 Å². The van der Waals surface area contributed by atoms with E-state index in [9.17, 15) is 14.4 Å². The molecule has 94 valence electrons. The highest BCUT2D eigenvalue weighted by Gasteiger charge is 2.36. The van der Waals surface area contributed by atoms with E-state index in [0.29, 0.717) is 19.0 Å². The lowest BCUT2D eigenvalue weighted by Gasteiger charge is -2.23. The maximum absolute atomic E-state index is 11.9. The Balaban J connectivity index is 1.93. The van der Waals surface area contributed by atoms with Gasteiger partial charge >= 0.3 is 0 Å². The number of ketones is 1. The molecule has 0 bridgehead atoms. The van der Waals surface area contributed by atoms with Crippen LogP contribution in [-0.2, 0) is 14.4 Å². The van der Waals surface area contributed by atoms with Crippen LogP contribution in [0.4, 0.5) is 0 Å². The van der Waals surface area contributed by atoms with E-state index in [1.165, 1.54) is 6.92 Å². The van der Waals surface area contributed by atoms with Crippen LogP contribution >= 0.6 is 0 Å². The van der Waals surface area contributed by atoms with Gasteiger partial charge in [0.1, 0.15) is 11.8 Å². The monoisotopic (exact) mass is 238 g/mol. The molecule has 0 aromatic rings. The second kappa shape index (κ2) is 4.85. The third kappa shape index (κ3) is 3.05. The third-order valence-electron chi connectivity index (χ3n) is 3.20. The lowest BCUT2D eigenvalue weighted by molar-refractivity contribution is -0.140. The molecule has 1 saturated heterocycles. The molecule has 0 aromatic heterocycles. The molecule has 1 heterocycles. The lowest BCUT2D eigenvalue weighted by atomic mass is 10.2. The summed E-state index contributed by atoms with van der Waals surface area (Å²) in [7, 11) is 0. The van der Waals surface area contributed by atoms with Crippen LogP contribution in [0.15, 0.2) is 0 Å². The number of nitrogens with zero attached hydrogens (tertiary/aromatic N) is 1. The van der Waals surface area contributed by atoms with Crippen molar-refractivity contribution in [2.24, 2.45) is 0 Å². The summed E-state index contributed by atoms with van der Waals surface area (Å²) in [5, 5.41) is 2.92. The first-order valence-electron chi connectivity index (χ1n) is 6.17. The smallest absolute Gasteiger partial charge is 0.243 e. The van der Waals surface area contributed by atoms with Crippen LogP contribution in [0.5, 0.6) is 0 Å². The van der Waals surface area contributed by atoms with E-state index in [4.69, 9.17) is 0 Å². The highest BCUT2D eigenvalue weighted by molar-refractivity contribution is 5.99. The Morgan fingerprint density at radius 2 is 1.94 bits per heavy atom. The van der Waals surface area contributed by atoms with Crippen LogP contribution < -0.4 is 5.32 Å². The van der Waals surface area contributed by atoms with Gasteiger partial charge in [0.2, 0.25) is 11.8 Å². The maximum atomic E-state index is 11.9. The van der Waals surface area contributed by atoms with Gasteiger partial charge in [0.15, 0.2) is 0 Å². The highest BCUT2D eigenvalue weighted by atomic mass is 16.2. The lowest BCUT2D eigenvalue weighted by Crippen LogP contribution is -2.46. The SMILES string of the molecule is CC(=O)CC(=O)N1CCCC1C(=O)NC1CC1. The number of rotatable bonds is 4. The quantitative estimate of drug-likeness (QED) is 0.713. The number of likely N-dealkylation sites (tertiary alicyclic amines) is 1. The van der Waals surface area contributed by atoms with Crippen LogP contribution in [0, 0.1) is 0 Å². The summed E-state index contributed by atoms with van der Waals surface area (Å²) >= 11 is 0. The summed E-state index contributed by atoms with van der Waals surface area (Å²) < 4.78 is 0. The van der Waals surface area contributed by atoms with E-state index in [-0.39, 0.29) is 30.1 Å². The largest absolute Gasteiger partial charge is 0.352 e. The summed E-state index contributed by atoms with van der Waals surface area (Å²) in [5.41, 5.74) is 0. The van der Waals surface area contributed by atoms with Crippen LogP contribution in [-0.4, -0.2) is 41.1 Å². The number of nitrogens with one attached hydrogen (secondary N) is 1. The number of carbonyl (C=O) groups is 3. The first kappa shape index (κ1) is 12.1. The average Bonchev–Trinajstić information content (AvgIpc) is 2.92. The number of Topliss-reactive ketones (excluding diaryl/α,β-unsaturated/α-hetero) is 1. The standard InChI is InChI=1S/C12H18N2O3/c1-8(15)7-11(16)14-6-2-3-10(14)12(17)13-9-4-5-9/h9-10H,2-7H2,1H3,(H,13,17). The predicted molar refractivity (Wildman–Crippen MR) is 61.2 cm³/mol. The van der Waals surface area contributed by atoms with E-state index < -0.39 is 0 Å². The van der Waals surface area contributed by atoms with Crippen LogP contribution in [0.1, 0.15) is 39.0 Å². The van der Waals surface area contributed by atoms with Crippen LogP contribution in [0.3, 0.4) is 0 Å². The summed E-state index contributed by atoms with van der Waals surface area (Å²) in [6, 6.07) is -0.0460. The molecule has 1 atom stereocenters. The molecular formula is C12H18N2O3. The summed E-state index contributed by atoms with van der Waals surface area (Å²) in [5.74, 6) is -0.420. The molecule has 1 unspecified atom stereocenters. The van der Waals surface area contributed by atoms with Crippen molar-refractivity contribution in [3.8, 4) is 0 Å². The molecule has 0 spiro atoms. The van der Waals surface area contributed by atoms with Gasteiger partial charge in [-0.15, -0.1) is 0 Å². The minimum absolute atomic E-state index is 0.0538. The third-order valence-corrected chi connectivity index (χ3v) is 3.20. The highest BCUT2D eigenvalue weighted by Crippen LogP contribution is 2.22. The molecule has 5 nitrogen and oxygen atoms in total. The van der Waals surface area contributed by atoms with Crippen molar-refractivity contribution < 1.29 is 14.4 Å². The second-order valence-electron chi connectivity index (χ2n) is 4.91. The van der Waals surface area contributed by atoms with Crippen molar-refractivity contribution in [2.45, 2.75) is 51.1 Å². The molecule has 1 aliphatic carbocycles. The second-order valence-corrected chi connectivity index (χ2v) is 4.91. The van der Waals surface area contributed by atoms with Gasteiger partial charge in [-0.2, -0.15) is 0 Å². The van der Waals surface area contributed by atoms with Crippen LogP contribution in [0.2, 0.25) is 0 Å². The summed E-state index contributed by atoms with van der Waals surface area (Å²) in [6.07, 6.45) is 3.54. The molecular weight excluding hydrogens is 220 g/mol. The molecule has 2 aliphatic rings. The minimum atomic E-state index is -0.359. The molecule has 5 heteroatoms. The van der Waals surface area contributed by atoms with Crippen LogP contribution in [0.25, 0.3) is 0 Å². The van der Waals surface area contributed by atoms with E-state index in [1.54, 1.807) is 4.90 Å². The number of amides is 2. The zero-order valence-corrected chi connectivity index (χ0v) is 10.1. The molecule has 0 radical (unpaired) electrons. The van der Waals surface area contributed by atoms with Gasteiger partial charge in [-0.05, 0) is 32.6 Å². The first-order valence-corrected chi connectivity index (χ1v) is 6.17. The fraction of sp³-hybridized carbons (Fsp3) is 0.750. The van der Waals surface area contributed by atoms with Crippen molar-refractivity contribution in [2.75, 3.05) is 6.54 Å². The van der Waals surface area contributed by atoms with Crippen molar-refractivity contribution in [1.29, 1.82) is 0 Å². The molecule has 2 rings (SSSR count). The normalized spacial score (nSPS) is 23.6. The van der Waals surface area contributed by atoms with Crippen molar-refractivity contribution >= 4 is 17.6 Å².